The van der Waals surface area contributed by atoms with Gasteiger partial charge in [-0.15, -0.1) is 0 Å². The number of para-hydroxylation sites is 1. The number of ether oxygens (including phenoxy) is 2. The second kappa shape index (κ2) is 6.00. The van der Waals surface area contributed by atoms with E-state index >= 15 is 0 Å². The maximum Gasteiger partial charge on any atom is 0.349 e. The third-order valence-corrected chi connectivity index (χ3v) is 2.49. The second-order valence-electron chi connectivity index (χ2n) is 3.98. The Hall–Kier alpha value is -2.36. The number of halogens is 1. The fourth-order valence-electron chi connectivity index (χ4n) is 1.50. The van der Waals surface area contributed by atoms with Crippen LogP contribution in [0.1, 0.15) is 5.56 Å². The zero-order valence-corrected chi connectivity index (χ0v) is 10.4. The number of esters is 1. The monoisotopic (exact) mass is 260 g/mol. The molecule has 4 heteroatoms. The van der Waals surface area contributed by atoms with E-state index in [9.17, 15) is 9.18 Å². The molecule has 0 aliphatic carbocycles. The van der Waals surface area contributed by atoms with Gasteiger partial charge in [-0.3, -0.25) is 0 Å². The van der Waals surface area contributed by atoms with Crippen molar-refractivity contribution in [3.8, 4) is 11.5 Å². The number of hydrogen-bond acceptors (Lipinski definition) is 3. The summed E-state index contributed by atoms with van der Waals surface area (Å²) >= 11 is 0. The summed E-state index contributed by atoms with van der Waals surface area (Å²) < 4.78 is 23.0. The minimum atomic E-state index is -0.501. The van der Waals surface area contributed by atoms with E-state index in [-0.39, 0.29) is 12.4 Å². The lowest BCUT2D eigenvalue weighted by atomic mass is 10.2. The largest absolute Gasteiger partial charge is 0.482 e. The van der Waals surface area contributed by atoms with Crippen LogP contribution in [0.2, 0.25) is 0 Å². The third-order valence-electron chi connectivity index (χ3n) is 2.49. The average Bonchev–Trinajstić information content (AvgIpc) is 2.41. The second-order valence-corrected chi connectivity index (χ2v) is 3.98. The molecule has 0 radical (unpaired) electrons. The molecule has 0 N–H and O–H groups in total. The van der Waals surface area contributed by atoms with E-state index in [1.165, 1.54) is 24.3 Å². The van der Waals surface area contributed by atoms with Gasteiger partial charge in [0, 0.05) is 0 Å². The minimum Gasteiger partial charge on any atom is -0.482 e. The molecule has 2 aromatic rings. The fourth-order valence-corrected chi connectivity index (χ4v) is 1.50. The van der Waals surface area contributed by atoms with Crippen LogP contribution in [-0.4, -0.2) is 12.6 Å². The average molecular weight is 260 g/mol. The lowest BCUT2D eigenvalue weighted by molar-refractivity contribution is -0.136. The van der Waals surface area contributed by atoms with Gasteiger partial charge in [-0.25, -0.2) is 9.18 Å². The van der Waals surface area contributed by atoms with E-state index in [2.05, 4.69) is 0 Å². The molecule has 0 fully saturated rings. The van der Waals surface area contributed by atoms with Gasteiger partial charge in [-0.2, -0.15) is 0 Å². The molecule has 0 bridgehead atoms. The summed E-state index contributed by atoms with van der Waals surface area (Å²) in [4.78, 5) is 11.6. The van der Waals surface area contributed by atoms with Crippen molar-refractivity contribution in [1.82, 2.24) is 0 Å². The smallest absolute Gasteiger partial charge is 0.349 e. The first kappa shape index (κ1) is 13.1. The van der Waals surface area contributed by atoms with Crippen molar-refractivity contribution in [3.63, 3.8) is 0 Å². The maximum absolute atomic E-state index is 12.7. The Balaban J connectivity index is 1.88. The van der Waals surface area contributed by atoms with Crippen LogP contribution in [0, 0.1) is 12.7 Å². The molecule has 2 aromatic carbocycles. The van der Waals surface area contributed by atoms with Gasteiger partial charge in [0.1, 0.15) is 17.3 Å². The molecule has 0 aromatic heterocycles. The highest BCUT2D eigenvalue weighted by Gasteiger charge is 2.07. The van der Waals surface area contributed by atoms with Crippen LogP contribution in [0.4, 0.5) is 4.39 Å². The lowest BCUT2D eigenvalue weighted by Crippen LogP contribution is -2.18. The first-order chi connectivity index (χ1) is 9.15. The van der Waals surface area contributed by atoms with Gasteiger partial charge in [0.05, 0.1) is 0 Å². The molecule has 0 amide bonds. The summed E-state index contributed by atoms with van der Waals surface area (Å²) in [5, 5.41) is 0. The van der Waals surface area contributed by atoms with Crippen molar-refractivity contribution in [2.45, 2.75) is 6.92 Å². The molecule has 3 nitrogen and oxygen atoms in total. The number of hydrogen-bond donors (Lipinski definition) is 0. The maximum atomic E-state index is 12.7. The summed E-state index contributed by atoms with van der Waals surface area (Å²) in [7, 11) is 0. The van der Waals surface area contributed by atoms with Gasteiger partial charge >= 0.3 is 5.97 Å². The Kier molecular flexibility index (Phi) is 4.13. The van der Waals surface area contributed by atoms with Crippen molar-refractivity contribution in [2.75, 3.05) is 6.61 Å². The number of benzene rings is 2. The summed E-state index contributed by atoms with van der Waals surface area (Å²) in [5.41, 5.74) is 0.873. The molecule has 0 spiro atoms. The normalized spacial score (nSPS) is 10.0. The third kappa shape index (κ3) is 3.81. The van der Waals surface area contributed by atoms with Crippen molar-refractivity contribution >= 4 is 5.97 Å². The lowest BCUT2D eigenvalue weighted by Gasteiger charge is -2.08. The number of carbonyl (C=O) groups excluding carboxylic acids is 1. The molecule has 19 heavy (non-hydrogen) atoms. The molecule has 0 aliphatic heterocycles. The van der Waals surface area contributed by atoms with Gasteiger partial charge in [0.2, 0.25) is 0 Å². The van der Waals surface area contributed by atoms with Crippen molar-refractivity contribution in [1.29, 1.82) is 0 Å². The molecule has 0 saturated carbocycles. The number of carbonyl (C=O) groups is 1. The molecular weight excluding hydrogens is 247 g/mol. The van der Waals surface area contributed by atoms with Crippen LogP contribution in [-0.2, 0) is 4.79 Å². The molecule has 0 aliphatic rings. The fraction of sp³-hybridized carbons (Fsp3) is 0.133. The van der Waals surface area contributed by atoms with Gasteiger partial charge in [-0.05, 0) is 42.8 Å². The molecule has 98 valence electrons. The van der Waals surface area contributed by atoms with Gasteiger partial charge in [-0.1, -0.05) is 18.2 Å². The molecule has 0 saturated heterocycles. The van der Waals surface area contributed by atoms with Crippen molar-refractivity contribution in [2.24, 2.45) is 0 Å². The Morgan fingerprint density at radius 3 is 2.47 bits per heavy atom. The van der Waals surface area contributed by atoms with E-state index in [4.69, 9.17) is 9.47 Å². The Bertz CT molecular complexity index is 564. The highest BCUT2D eigenvalue weighted by atomic mass is 19.1. The van der Waals surface area contributed by atoms with Crippen molar-refractivity contribution < 1.29 is 18.7 Å². The Labute approximate surface area is 110 Å². The standard InChI is InChI=1S/C15H13FO3/c1-11-4-2-3-5-14(11)19-15(17)10-18-13-8-6-12(16)7-9-13/h2-9H,10H2,1H3. The van der Waals surface area contributed by atoms with Gasteiger partial charge in [0.15, 0.2) is 6.61 Å². The predicted molar refractivity (Wildman–Crippen MR) is 68.7 cm³/mol. The van der Waals surface area contributed by atoms with E-state index in [0.717, 1.165) is 5.56 Å². The number of aryl methyl sites for hydroxylation is 1. The highest BCUT2D eigenvalue weighted by molar-refractivity contribution is 5.74. The van der Waals surface area contributed by atoms with Crippen LogP contribution in [0.25, 0.3) is 0 Å². The SMILES string of the molecule is Cc1ccccc1OC(=O)COc1ccc(F)cc1. The first-order valence-electron chi connectivity index (χ1n) is 5.80. The Morgan fingerprint density at radius 1 is 1.11 bits per heavy atom. The highest BCUT2D eigenvalue weighted by Crippen LogP contribution is 2.16. The first-order valence-corrected chi connectivity index (χ1v) is 5.80. The quantitative estimate of drug-likeness (QED) is 0.626. The summed E-state index contributed by atoms with van der Waals surface area (Å²) in [6.45, 7) is 1.63. The molecule has 0 unspecified atom stereocenters. The van der Waals surface area contributed by atoms with Gasteiger partial charge in [0.25, 0.3) is 0 Å². The molecule has 0 atom stereocenters. The topological polar surface area (TPSA) is 35.5 Å². The predicted octanol–water partition coefficient (Wildman–Crippen LogP) is 3.12. The van der Waals surface area contributed by atoms with Crippen LogP contribution < -0.4 is 9.47 Å². The summed E-state index contributed by atoms with van der Waals surface area (Å²) in [5.74, 6) is 0.0757. The van der Waals surface area contributed by atoms with Crippen LogP contribution in [0.5, 0.6) is 11.5 Å². The molecular formula is C15H13FO3. The molecule has 0 heterocycles. The summed E-state index contributed by atoms with van der Waals surface area (Å²) in [6.07, 6.45) is 0. The van der Waals surface area contributed by atoms with E-state index in [1.807, 2.05) is 19.1 Å². The van der Waals surface area contributed by atoms with Gasteiger partial charge < -0.3 is 9.47 Å². The number of rotatable bonds is 4. The Morgan fingerprint density at radius 2 is 1.79 bits per heavy atom. The minimum absolute atomic E-state index is 0.222. The van der Waals surface area contributed by atoms with Crippen LogP contribution in [0.3, 0.4) is 0 Å². The van der Waals surface area contributed by atoms with E-state index in [0.29, 0.717) is 11.5 Å². The zero-order valence-electron chi connectivity index (χ0n) is 10.4. The van der Waals surface area contributed by atoms with Crippen molar-refractivity contribution in [3.05, 3.63) is 59.9 Å². The van der Waals surface area contributed by atoms with Crippen LogP contribution in [0.15, 0.2) is 48.5 Å². The molecule has 2 rings (SSSR count). The van der Waals surface area contributed by atoms with Crippen LogP contribution >= 0.6 is 0 Å². The van der Waals surface area contributed by atoms with E-state index in [1.54, 1.807) is 12.1 Å². The summed E-state index contributed by atoms with van der Waals surface area (Å²) in [6, 6.07) is 12.7. The van der Waals surface area contributed by atoms with E-state index < -0.39 is 5.97 Å². The zero-order chi connectivity index (χ0) is 13.7.